The molecule has 4 heteroatoms. The second-order valence-corrected chi connectivity index (χ2v) is 5.42. The molecule has 0 aliphatic heterocycles. The third kappa shape index (κ3) is 2.07. The largest absolute Gasteiger partial charge is 0.507 e. The minimum absolute atomic E-state index is 0.253. The number of pyridine rings is 1. The Labute approximate surface area is 133 Å². The highest BCUT2D eigenvalue weighted by Gasteiger charge is 2.28. The Bertz CT molecular complexity index is 990. The SMILES string of the molecule is C[n+]1c(-c2ccccc2O)n(-c2ccccc2)c2ncccc21. The molecule has 0 saturated heterocycles. The van der Waals surface area contributed by atoms with Crippen LogP contribution in [-0.4, -0.2) is 14.7 Å². The van der Waals surface area contributed by atoms with E-state index < -0.39 is 0 Å². The van der Waals surface area contributed by atoms with Crippen LogP contribution in [0.1, 0.15) is 0 Å². The predicted octanol–water partition coefficient (Wildman–Crippen LogP) is 3.22. The Kier molecular flexibility index (Phi) is 3.08. The summed E-state index contributed by atoms with van der Waals surface area (Å²) in [6.45, 7) is 0. The Hall–Kier alpha value is -3.14. The number of phenols is 1. The maximum Gasteiger partial charge on any atom is 0.299 e. The first kappa shape index (κ1) is 13.5. The van der Waals surface area contributed by atoms with Gasteiger partial charge in [0, 0.05) is 6.20 Å². The van der Waals surface area contributed by atoms with Crippen molar-refractivity contribution in [1.82, 2.24) is 9.55 Å². The number of aromatic hydroxyl groups is 1. The first-order valence-corrected chi connectivity index (χ1v) is 7.46. The van der Waals surface area contributed by atoms with Gasteiger partial charge in [0.05, 0.1) is 7.05 Å². The van der Waals surface area contributed by atoms with E-state index in [0.717, 1.165) is 28.2 Å². The van der Waals surface area contributed by atoms with E-state index in [2.05, 4.69) is 14.1 Å². The van der Waals surface area contributed by atoms with Crippen molar-refractivity contribution in [3.63, 3.8) is 0 Å². The lowest BCUT2D eigenvalue weighted by Crippen LogP contribution is -2.30. The van der Waals surface area contributed by atoms with Gasteiger partial charge in [0.15, 0.2) is 5.52 Å². The molecular weight excluding hydrogens is 286 g/mol. The van der Waals surface area contributed by atoms with E-state index in [1.807, 2.05) is 67.7 Å². The van der Waals surface area contributed by atoms with E-state index in [1.165, 1.54) is 0 Å². The molecular formula is C19H16N3O+. The molecule has 23 heavy (non-hydrogen) atoms. The Balaban J connectivity index is 2.16. The van der Waals surface area contributed by atoms with Crippen molar-refractivity contribution in [2.75, 3.05) is 0 Å². The van der Waals surface area contributed by atoms with Gasteiger partial charge in [-0.15, -0.1) is 0 Å². The molecule has 0 fully saturated rings. The van der Waals surface area contributed by atoms with Crippen LogP contribution in [0, 0.1) is 0 Å². The summed E-state index contributed by atoms with van der Waals surface area (Å²) in [6.07, 6.45) is 1.79. The summed E-state index contributed by atoms with van der Waals surface area (Å²) in [5.41, 5.74) is 3.65. The number of nitrogens with zero attached hydrogens (tertiary/aromatic N) is 3. The number of para-hydroxylation sites is 2. The Morgan fingerprint density at radius 3 is 2.43 bits per heavy atom. The van der Waals surface area contributed by atoms with Crippen molar-refractivity contribution in [3.05, 3.63) is 72.9 Å². The summed E-state index contributed by atoms with van der Waals surface area (Å²) in [5.74, 6) is 1.14. The van der Waals surface area contributed by atoms with Gasteiger partial charge in [-0.2, -0.15) is 4.57 Å². The van der Waals surface area contributed by atoms with Gasteiger partial charge in [-0.05, 0) is 36.4 Å². The smallest absolute Gasteiger partial charge is 0.299 e. The van der Waals surface area contributed by atoms with Crippen molar-refractivity contribution < 1.29 is 9.67 Å². The standard InChI is InChI=1S/C19H15N3O/c1-21-16-11-7-13-20-18(16)22(14-8-3-2-4-9-14)19(21)15-10-5-6-12-17(15)23/h2-13H,1H3/p+1. The van der Waals surface area contributed by atoms with Crippen LogP contribution >= 0.6 is 0 Å². The van der Waals surface area contributed by atoms with E-state index in [-0.39, 0.29) is 5.75 Å². The van der Waals surface area contributed by atoms with Crippen molar-refractivity contribution >= 4 is 11.2 Å². The van der Waals surface area contributed by atoms with Crippen LogP contribution in [0.5, 0.6) is 5.75 Å². The molecule has 112 valence electrons. The molecule has 2 aromatic heterocycles. The van der Waals surface area contributed by atoms with E-state index in [0.29, 0.717) is 0 Å². The van der Waals surface area contributed by atoms with Gasteiger partial charge in [0.1, 0.15) is 17.0 Å². The normalized spacial score (nSPS) is 11.0. The number of aryl methyl sites for hydroxylation is 1. The summed E-state index contributed by atoms with van der Waals surface area (Å²) in [6, 6.07) is 21.4. The van der Waals surface area contributed by atoms with Crippen LogP contribution in [0.15, 0.2) is 72.9 Å². The van der Waals surface area contributed by atoms with Gasteiger partial charge >= 0.3 is 0 Å². The van der Waals surface area contributed by atoms with E-state index in [9.17, 15) is 5.11 Å². The summed E-state index contributed by atoms with van der Waals surface area (Å²) in [5, 5.41) is 10.3. The molecule has 0 unspecified atom stereocenters. The number of phenolic OH excluding ortho intramolecular Hbond substituents is 1. The lowest BCUT2D eigenvalue weighted by atomic mass is 10.2. The summed E-state index contributed by atoms with van der Waals surface area (Å²) in [4.78, 5) is 4.55. The monoisotopic (exact) mass is 302 g/mol. The second kappa shape index (κ2) is 5.25. The fourth-order valence-corrected chi connectivity index (χ4v) is 2.97. The zero-order valence-electron chi connectivity index (χ0n) is 12.7. The number of rotatable bonds is 2. The van der Waals surface area contributed by atoms with Crippen LogP contribution < -0.4 is 4.57 Å². The molecule has 4 aromatic rings. The molecule has 0 radical (unpaired) electrons. The van der Waals surface area contributed by atoms with Gasteiger partial charge in [-0.3, -0.25) is 0 Å². The molecule has 0 aliphatic rings. The number of fused-ring (bicyclic) bond motifs is 1. The third-order valence-electron chi connectivity index (χ3n) is 4.03. The zero-order chi connectivity index (χ0) is 15.8. The molecule has 0 spiro atoms. The fourth-order valence-electron chi connectivity index (χ4n) is 2.97. The second-order valence-electron chi connectivity index (χ2n) is 5.42. The predicted molar refractivity (Wildman–Crippen MR) is 89.3 cm³/mol. The van der Waals surface area contributed by atoms with Crippen LogP contribution in [0.25, 0.3) is 28.2 Å². The number of aromatic nitrogens is 3. The van der Waals surface area contributed by atoms with E-state index >= 15 is 0 Å². The first-order chi connectivity index (χ1) is 11.3. The van der Waals surface area contributed by atoms with E-state index in [1.54, 1.807) is 12.3 Å². The van der Waals surface area contributed by atoms with Crippen molar-refractivity contribution in [2.45, 2.75) is 0 Å². The number of imidazole rings is 1. The van der Waals surface area contributed by atoms with Gasteiger partial charge in [0.2, 0.25) is 0 Å². The van der Waals surface area contributed by atoms with Gasteiger partial charge in [-0.25, -0.2) is 9.55 Å². The molecule has 0 amide bonds. The highest BCUT2D eigenvalue weighted by Crippen LogP contribution is 2.31. The Morgan fingerprint density at radius 2 is 1.65 bits per heavy atom. The molecule has 0 atom stereocenters. The average Bonchev–Trinajstić information content (AvgIpc) is 2.89. The lowest BCUT2D eigenvalue weighted by molar-refractivity contribution is -0.633. The molecule has 4 rings (SSSR count). The van der Waals surface area contributed by atoms with Gasteiger partial charge < -0.3 is 5.11 Å². The van der Waals surface area contributed by atoms with Crippen molar-refractivity contribution in [2.24, 2.45) is 7.05 Å². The van der Waals surface area contributed by atoms with Crippen molar-refractivity contribution in [1.29, 1.82) is 0 Å². The lowest BCUT2D eigenvalue weighted by Gasteiger charge is -2.04. The summed E-state index contributed by atoms with van der Waals surface area (Å²) in [7, 11) is 1.99. The quantitative estimate of drug-likeness (QED) is 0.578. The number of hydrogen-bond donors (Lipinski definition) is 1. The highest BCUT2D eigenvalue weighted by molar-refractivity contribution is 5.76. The Morgan fingerprint density at radius 1 is 0.913 bits per heavy atom. The third-order valence-corrected chi connectivity index (χ3v) is 4.03. The number of benzene rings is 2. The summed E-state index contributed by atoms with van der Waals surface area (Å²) >= 11 is 0. The van der Waals surface area contributed by atoms with Crippen LogP contribution in [0.2, 0.25) is 0 Å². The summed E-state index contributed by atoms with van der Waals surface area (Å²) < 4.78 is 4.13. The molecule has 2 aromatic carbocycles. The van der Waals surface area contributed by atoms with Crippen LogP contribution in [-0.2, 0) is 7.05 Å². The molecule has 0 bridgehead atoms. The topological polar surface area (TPSA) is 41.9 Å². The first-order valence-electron chi connectivity index (χ1n) is 7.46. The molecule has 2 heterocycles. The van der Waals surface area contributed by atoms with Gasteiger partial charge in [0.25, 0.3) is 11.5 Å². The van der Waals surface area contributed by atoms with Crippen molar-refractivity contribution in [3.8, 4) is 22.8 Å². The number of hydrogen-bond acceptors (Lipinski definition) is 2. The van der Waals surface area contributed by atoms with Crippen LogP contribution in [0.4, 0.5) is 0 Å². The zero-order valence-corrected chi connectivity index (χ0v) is 12.7. The maximum atomic E-state index is 10.3. The molecule has 0 saturated carbocycles. The average molecular weight is 302 g/mol. The van der Waals surface area contributed by atoms with E-state index in [4.69, 9.17) is 0 Å². The highest BCUT2D eigenvalue weighted by atomic mass is 16.3. The molecule has 0 aliphatic carbocycles. The van der Waals surface area contributed by atoms with Gasteiger partial charge in [-0.1, -0.05) is 30.3 Å². The molecule has 1 N–H and O–H groups in total. The van der Waals surface area contributed by atoms with Crippen LogP contribution in [0.3, 0.4) is 0 Å². The molecule has 4 nitrogen and oxygen atoms in total. The fraction of sp³-hybridized carbons (Fsp3) is 0.0526. The minimum atomic E-state index is 0.253. The minimum Gasteiger partial charge on any atom is -0.507 e. The maximum absolute atomic E-state index is 10.3.